The molecule has 4 rings (SSSR count). The van der Waals surface area contributed by atoms with Gasteiger partial charge in [-0.1, -0.05) is 0 Å². The van der Waals surface area contributed by atoms with Gasteiger partial charge >= 0.3 is 0 Å². The summed E-state index contributed by atoms with van der Waals surface area (Å²) in [6, 6.07) is 6.04. The first-order valence-corrected chi connectivity index (χ1v) is 8.70. The summed E-state index contributed by atoms with van der Waals surface area (Å²) in [5.41, 5.74) is 0. The molecule has 1 saturated heterocycles. The molecule has 8 heteroatoms. The van der Waals surface area contributed by atoms with Crippen molar-refractivity contribution in [3.05, 3.63) is 30.7 Å². The van der Waals surface area contributed by atoms with E-state index in [1.807, 2.05) is 12.1 Å². The van der Waals surface area contributed by atoms with Gasteiger partial charge in [0, 0.05) is 31.2 Å². The van der Waals surface area contributed by atoms with Gasteiger partial charge < -0.3 is 15.5 Å². The minimum absolute atomic E-state index is 0.128. The number of aromatic nitrogens is 4. The Hall–Kier alpha value is -2.77. The van der Waals surface area contributed by atoms with Crippen molar-refractivity contribution in [3.8, 4) is 0 Å². The third-order valence-corrected chi connectivity index (χ3v) is 4.60. The number of amides is 1. The third-order valence-electron chi connectivity index (χ3n) is 4.60. The van der Waals surface area contributed by atoms with Gasteiger partial charge in [0.05, 0.1) is 0 Å². The van der Waals surface area contributed by atoms with E-state index in [0.29, 0.717) is 17.7 Å². The van der Waals surface area contributed by atoms with Gasteiger partial charge in [0.2, 0.25) is 5.91 Å². The number of piperidine rings is 1. The molecule has 0 aromatic carbocycles. The third kappa shape index (κ3) is 4.01. The second kappa shape index (κ2) is 7.00. The molecule has 3 heterocycles. The van der Waals surface area contributed by atoms with E-state index in [9.17, 15) is 4.79 Å². The molecule has 130 valence electrons. The quantitative estimate of drug-likeness (QED) is 0.852. The molecule has 0 bridgehead atoms. The fourth-order valence-corrected chi connectivity index (χ4v) is 2.97. The summed E-state index contributed by atoms with van der Waals surface area (Å²) >= 11 is 0. The van der Waals surface area contributed by atoms with Crippen LogP contribution in [0.15, 0.2) is 30.7 Å². The van der Waals surface area contributed by atoms with Gasteiger partial charge in [-0.25, -0.2) is 9.97 Å². The summed E-state index contributed by atoms with van der Waals surface area (Å²) in [7, 11) is 0. The highest BCUT2D eigenvalue weighted by molar-refractivity contribution is 5.79. The van der Waals surface area contributed by atoms with Gasteiger partial charge in [-0.15, -0.1) is 10.2 Å². The summed E-state index contributed by atoms with van der Waals surface area (Å²) < 4.78 is 0. The second-order valence-electron chi connectivity index (χ2n) is 6.54. The smallest absolute Gasteiger partial charge is 0.223 e. The maximum Gasteiger partial charge on any atom is 0.223 e. The zero-order valence-electron chi connectivity index (χ0n) is 13.9. The van der Waals surface area contributed by atoms with Gasteiger partial charge in [0.15, 0.2) is 11.6 Å². The Kier molecular flexibility index (Phi) is 4.41. The van der Waals surface area contributed by atoms with Gasteiger partial charge in [-0.3, -0.25) is 4.79 Å². The number of carbonyl (C=O) groups is 1. The Morgan fingerprint density at radius 2 is 1.88 bits per heavy atom. The number of hydrogen-bond donors (Lipinski definition) is 2. The number of rotatable bonds is 5. The van der Waals surface area contributed by atoms with Gasteiger partial charge in [-0.05, 0) is 43.9 Å². The SMILES string of the molecule is O=C(NC1CC1)C1CCN(c2ccc(Nc3ccncn3)nn2)CC1. The standard InChI is InChI=1S/C17H21N7O/c25-17(20-13-1-2-13)12-6-9-24(10-7-12)16-4-3-15(22-23-16)21-14-5-8-18-11-19-14/h3-5,8,11-13H,1-2,6-7,9-10H2,(H,20,25)(H,18,19,21,22). The number of nitrogens with zero attached hydrogens (tertiary/aromatic N) is 5. The fraction of sp³-hybridized carbons (Fsp3) is 0.471. The first kappa shape index (κ1) is 15.7. The molecule has 1 amide bonds. The van der Waals surface area contributed by atoms with E-state index in [0.717, 1.165) is 44.6 Å². The van der Waals surface area contributed by atoms with Crippen LogP contribution in [-0.4, -0.2) is 45.2 Å². The lowest BCUT2D eigenvalue weighted by Crippen LogP contribution is -2.41. The van der Waals surface area contributed by atoms with Crippen LogP contribution in [0.25, 0.3) is 0 Å². The molecule has 1 aliphatic carbocycles. The molecule has 2 aromatic heterocycles. The van der Waals surface area contributed by atoms with Crippen molar-refractivity contribution in [1.29, 1.82) is 0 Å². The van der Waals surface area contributed by atoms with Crippen molar-refractivity contribution < 1.29 is 4.79 Å². The molecule has 1 aliphatic heterocycles. The lowest BCUT2D eigenvalue weighted by atomic mass is 9.96. The van der Waals surface area contributed by atoms with Crippen molar-refractivity contribution in [2.24, 2.45) is 5.92 Å². The Bertz CT molecular complexity index is 710. The number of anilines is 3. The number of nitrogens with one attached hydrogen (secondary N) is 2. The zero-order chi connectivity index (χ0) is 17.1. The average Bonchev–Trinajstić information content (AvgIpc) is 3.47. The maximum absolute atomic E-state index is 12.1. The van der Waals surface area contributed by atoms with E-state index in [2.05, 4.69) is 35.7 Å². The molecule has 0 unspecified atom stereocenters. The summed E-state index contributed by atoms with van der Waals surface area (Å²) in [6.07, 6.45) is 7.14. The Morgan fingerprint density at radius 1 is 1.04 bits per heavy atom. The fourth-order valence-electron chi connectivity index (χ4n) is 2.97. The van der Waals surface area contributed by atoms with Crippen LogP contribution in [0, 0.1) is 5.92 Å². The lowest BCUT2D eigenvalue weighted by molar-refractivity contribution is -0.125. The van der Waals surface area contributed by atoms with Crippen LogP contribution in [0.2, 0.25) is 0 Å². The van der Waals surface area contributed by atoms with Gasteiger partial charge in [-0.2, -0.15) is 0 Å². The molecular formula is C17H21N7O. The van der Waals surface area contributed by atoms with Crippen LogP contribution >= 0.6 is 0 Å². The van der Waals surface area contributed by atoms with Gasteiger partial charge in [0.1, 0.15) is 12.1 Å². The molecular weight excluding hydrogens is 318 g/mol. The van der Waals surface area contributed by atoms with Crippen molar-refractivity contribution in [3.63, 3.8) is 0 Å². The monoisotopic (exact) mass is 339 g/mol. The molecule has 2 N–H and O–H groups in total. The van der Waals surface area contributed by atoms with E-state index in [1.165, 1.54) is 6.33 Å². The summed E-state index contributed by atoms with van der Waals surface area (Å²) in [5, 5.41) is 14.7. The minimum atomic E-state index is 0.128. The number of hydrogen-bond acceptors (Lipinski definition) is 7. The van der Waals surface area contributed by atoms with Crippen molar-refractivity contribution >= 4 is 23.4 Å². The summed E-state index contributed by atoms with van der Waals surface area (Å²) in [6.45, 7) is 1.66. The Morgan fingerprint density at radius 3 is 2.52 bits per heavy atom. The van der Waals surface area contributed by atoms with Crippen LogP contribution in [0.3, 0.4) is 0 Å². The van der Waals surface area contributed by atoms with Crippen LogP contribution in [0.1, 0.15) is 25.7 Å². The molecule has 0 radical (unpaired) electrons. The van der Waals surface area contributed by atoms with Crippen LogP contribution in [-0.2, 0) is 4.79 Å². The second-order valence-corrected chi connectivity index (χ2v) is 6.54. The number of carbonyl (C=O) groups excluding carboxylic acids is 1. The van der Waals surface area contributed by atoms with Crippen LogP contribution in [0.4, 0.5) is 17.5 Å². The first-order valence-electron chi connectivity index (χ1n) is 8.70. The van der Waals surface area contributed by atoms with E-state index < -0.39 is 0 Å². The van der Waals surface area contributed by atoms with Crippen molar-refractivity contribution in [2.45, 2.75) is 31.7 Å². The molecule has 2 fully saturated rings. The molecule has 2 aliphatic rings. The first-order chi connectivity index (χ1) is 12.3. The van der Waals surface area contributed by atoms with E-state index in [4.69, 9.17) is 0 Å². The predicted molar refractivity (Wildman–Crippen MR) is 93.4 cm³/mol. The molecule has 0 spiro atoms. The van der Waals surface area contributed by atoms with Crippen LogP contribution in [0.5, 0.6) is 0 Å². The summed E-state index contributed by atoms with van der Waals surface area (Å²) in [5.74, 6) is 2.51. The van der Waals surface area contributed by atoms with Crippen LogP contribution < -0.4 is 15.5 Å². The van der Waals surface area contributed by atoms with Gasteiger partial charge in [0.25, 0.3) is 0 Å². The Balaban J connectivity index is 1.31. The topological polar surface area (TPSA) is 95.9 Å². The predicted octanol–water partition coefficient (Wildman–Crippen LogP) is 1.51. The highest BCUT2D eigenvalue weighted by Gasteiger charge is 2.30. The van der Waals surface area contributed by atoms with E-state index in [1.54, 1.807) is 12.3 Å². The largest absolute Gasteiger partial charge is 0.355 e. The highest BCUT2D eigenvalue weighted by Crippen LogP contribution is 2.25. The van der Waals surface area contributed by atoms with Crippen molar-refractivity contribution in [2.75, 3.05) is 23.3 Å². The molecule has 25 heavy (non-hydrogen) atoms. The molecule has 1 saturated carbocycles. The maximum atomic E-state index is 12.1. The highest BCUT2D eigenvalue weighted by atomic mass is 16.2. The van der Waals surface area contributed by atoms with E-state index >= 15 is 0 Å². The van der Waals surface area contributed by atoms with E-state index in [-0.39, 0.29) is 11.8 Å². The average molecular weight is 339 g/mol. The Labute approximate surface area is 146 Å². The molecule has 0 atom stereocenters. The lowest BCUT2D eigenvalue weighted by Gasteiger charge is -2.31. The molecule has 2 aromatic rings. The minimum Gasteiger partial charge on any atom is -0.355 e. The van der Waals surface area contributed by atoms with Crippen molar-refractivity contribution in [1.82, 2.24) is 25.5 Å². The zero-order valence-corrected chi connectivity index (χ0v) is 13.9. The summed E-state index contributed by atoms with van der Waals surface area (Å²) in [4.78, 5) is 22.3. The molecule has 8 nitrogen and oxygen atoms in total. The normalized spacial score (nSPS) is 18.0.